The molecule has 0 amide bonds. The molecule has 0 radical (unpaired) electrons. The molecule has 2 aliphatic rings. The van der Waals surface area contributed by atoms with Crippen LogP contribution in [0.15, 0.2) is 0 Å². The van der Waals surface area contributed by atoms with Gasteiger partial charge in [0.05, 0.1) is 0 Å². The Bertz CT molecular complexity index is 212. The van der Waals surface area contributed by atoms with E-state index in [1.165, 1.54) is 38.9 Å². The van der Waals surface area contributed by atoms with Gasteiger partial charge in [-0.25, -0.2) is 0 Å². The summed E-state index contributed by atoms with van der Waals surface area (Å²) in [6.07, 6.45) is 4.23. The third kappa shape index (κ3) is 3.14. The lowest BCUT2D eigenvalue weighted by Crippen LogP contribution is -2.45. The number of thioether (sulfide) groups is 1. The second-order valence-corrected chi connectivity index (χ2v) is 7.44. The molecule has 0 aromatic rings. The van der Waals surface area contributed by atoms with Crippen molar-refractivity contribution in [2.45, 2.75) is 49.7 Å². The lowest BCUT2D eigenvalue weighted by Gasteiger charge is -2.37. The Hall–Kier alpha value is 0.270. The largest absolute Gasteiger partial charge is 0.317 e. The topological polar surface area (TPSA) is 15.3 Å². The molecular formula is C13H26N2S. The highest BCUT2D eigenvalue weighted by Gasteiger charge is 2.30. The summed E-state index contributed by atoms with van der Waals surface area (Å²) in [6.45, 7) is 8.65. The van der Waals surface area contributed by atoms with Crippen molar-refractivity contribution in [1.82, 2.24) is 10.2 Å². The smallest absolute Gasteiger partial charge is 0.0149 e. The van der Waals surface area contributed by atoms with Crippen molar-refractivity contribution in [3.8, 4) is 0 Å². The SMILES string of the molecule is CNC1CCCC1CN1CC(C)SC(C)C1. The van der Waals surface area contributed by atoms with Gasteiger partial charge in [-0.05, 0) is 25.8 Å². The minimum atomic E-state index is 0.778. The molecule has 1 heterocycles. The van der Waals surface area contributed by atoms with Gasteiger partial charge in [0.25, 0.3) is 0 Å². The quantitative estimate of drug-likeness (QED) is 0.817. The molecule has 1 N–H and O–H groups in total. The Balaban J connectivity index is 1.84. The predicted octanol–water partition coefficient (Wildman–Crippen LogP) is 2.20. The van der Waals surface area contributed by atoms with Crippen molar-refractivity contribution < 1.29 is 0 Å². The zero-order valence-corrected chi connectivity index (χ0v) is 11.7. The third-order valence-electron chi connectivity index (χ3n) is 4.02. The minimum Gasteiger partial charge on any atom is -0.317 e. The zero-order chi connectivity index (χ0) is 11.5. The van der Waals surface area contributed by atoms with Gasteiger partial charge in [0.15, 0.2) is 0 Å². The highest BCUT2D eigenvalue weighted by molar-refractivity contribution is 8.00. The first kappa shape index (κ1) is 12.7. The zero-order valence-electron chi connectivity index (χ0n) is 10.9. The number of rotatable bonds is 3. The standard InChI is InChI=1S/C13H26N2S/c1-10-7-15(8-11(2)16-10)9-12-5-4-6-13(12)14-3/h10-14H,4-9H2,1-3H3. The normalized spacial score (nSPS) is 41.4. The summed E-state index contributed by atoms with van der Waals surface area (Å²) in [5.41, 5.74) is 0. The van der Waals surface area contributed by atoms with Crippen LogP contribution in [0, 0.1) is 5.92 Å². The molecule has 1 saturated carbocycles. The van der Waals surface area contributed by atoms with E-state index < -0.39 is 0 Å². The van der Waals surface area contributed by atoms with Crippen LogP contribution in [0.3, 0.4) is 0 Å². The van der Waals surface area contributed by atoms with Crippen LogP contribution in [0.1, 0.15) is 33.1 Å². The lowest BCUT2D eigenvalue weighted by atomic mass is 10.0. The predicted molar refractivity (Wildman–Crippen MR) is 73.1 cm³/mol. The monoisotopic (exact) mass is 242 g/mol. The molecule has 4 unspecified atom stereocenters. The molecule has 1 aliphatic carbocycles. The van der Waals surface area contributed by atoms with E-state index in [-0.39, 0.29) is 0 Å². The van der Waals surface area contributed by atoms with E-state index in [9.17, 15) is 0 Å². The van der Waals surface area contributed by atoms with E-state index in [1.807, 2.05) is 0 Å². The maximum atomic E-state index is 3.49. The number of nitrogens with zero attached hydrogens (tertiary/aromatic N) is 1. The van der Waals surface area contributed by atoms with Crippen LogP contribution < -0.4 is 5.32 Å². The van der Waals surface area contributed by atoms with E-state index in [4.69, 9.17) is 0 Å². The van der Waals surface area contributed by atoms with Gasteiger partial charge < -0.3 is 10.2 Å². The summed E-state index contributed by atoms with van der Waals surface area (Å²) >= 11 is 2.15. The van der Waals surface area contributed by atoms with Crippen molar-refractivity contribution in [3.63, 3.8) is 0 Å². The van der Waals surface area contributed by atoms with Crippen molar-refractivity contribution >= 4 is 11.8 Å². The Morgan fingerprint density at radius 1 is 1.19 bits per heavy atom. The van der Waals surface area contributed by atoms with E-state index in [1.54, 1.807) is 0 Å². The van der Waals surface area contributed by atoms with E-state index >= 15 is 0 Å². The summed E-state index contributed by atoms with van der Waals surface area (Å²) in [5, 5.41) is 5.13. The van der Waals surface area contributed by atoms with E-state index in [0.717, 1.165) is 22.5 Å². The van der Waals surface area contributed by atoms with Crippen molar-refractivity contribution in [1.29, 1.82) is 0 Å². The number of hydrogen-bond donors (Lipinski definition) is 1. The van der Waals surface area contributed by atoms with Gasteiger partial charge >= 0.3 is 0 Å². The molecule has 3 heteroatoms. The summed E-state index contributed by atoms with van der Waals surface area (Å²) in [4.78, 5) is 2.70. The van der Waals surface area contributed by atoms with Crippen LogP contribution in [0.25, 0.3) is 0 Å². The number of nitrogens with one attached hydrogen (secondary N) is 1. The molecule has 1 saturated heterocycles. The Morgan fingerprint density at radius 2 is 1.88 bits per heavy atom. The fourth-order valence-electron chi connectivity index (χ4n) is 3.40. The van der Waals surface area contributed by atoms with Crippen LogP contribution >= 0.6 is 11.8 Å². The van der Waals surface area contributed by atoms with Crippen LogP contribution in [0.2, 0.25) is 0 Å². The molecule has 1 aliphatic heterocycles. The van der Waals surface area contributed by atoms with Crippen LogP contribution in [0.5, 0.6) is 0 Å². The number of hydrogen-bond acceptors (Lipinski definition) is 3. The van der Waals surface area contributed by atoms with Crippen molar-refractivity contribution in [3.05, 3.63) is 0 Å². The highest BCUT2D eigenvalue weighted by atomic mass is 32.2. The average molecular weight is 242 g/mol. The molecule has 0 spiro atoms. The molecule has 0 aromatic carbocycles. The lowest BCUT2D eigenvalue weighted by molar-refractivity contribution is 0.214. The summed E-state index contributed by atoms with van der Waals surface area (Å²) in [5.74, 6) is 0.896. The fourth-order valence-corrected chi connectivity index (χ4v) is 4.79. The molecule has 2 rings (SSSR count). The van der Waals surface area contributed by atoms with E-state index in [0.29, 0.717) is 0 Å². The molecule has 0 bridgehead atoms. The molecule has 4 atom stereocenters. The van der Waals surface area contributed by atoms with Gasteiger partial charge in [0.2, 0.25) is 0 Å². The maximum absolute atomic E-state index is 3.49. The molecule has 2 fully saturated rings. The molecule has 0 aromatic heterocycles. The minimum absolute atomic E-state index is 0.778. The summed E-state index contributed by atoms with van der Waals surface area (Å²) < 4.78 is 0. The van der Waals surface area contributed by atoms with Gasteiger partial charge in [-0.15, -0.1) is 0 Å². The average Bonchev–Trinajstić information content (AvgIpc) is 2.63. The molecular weight excluding hydrogens is 216 g/mol. The summed E-state index contributed by atoms with van der Waals surface area (Å²) in [7, 11) is 2.13. The second-order valence-electron chi connectivity index (χ2n) is 5.56. The van der Waals surface area contributed by atoms with Gasteiger partial charge in [0, 0.05) is 36.2 Å². The first-order valence-electron chi connectivity index (χ1n) is 6.74. The maximum Gasteiger partial charge on any atom is 0.0149 e. The van der Waals surface area contributed by atoms with Crippen LogP contribution in [-0.4, -0.2) is 48.1 Å². The van der Waals surface area contributed by atoms with Gasteiger partial charge in [0.1, 0.15) is 0 Å². The molecule has 94 valence electrons. The van der Waals surface area contributed by atoms with E-state index in [2.05, 4.69) is 42.9 Å². The molecule has 2 nitrogen and oxygen atoms in total. The van der Waals surface area contributed by atoms with Gasteiger partial charge in [-0.2, -0.15) is 11.8 Å². The first-order chi connectivity index (χ1) is 7.69. The van der Waals surface area contributed by atoms with Crippen molar-refractivity contribution in [2.24, 2.45) is 5.92 Å². The fraction of sp³-hybridized carbons (Fsp3) is 1.00. The summed E-state index contributed by atoms with van der Waals surface area (Å²) in [6, 6.07) is 0.778. The Morgan fingerprint density at radius 3 is 2.50 bits per heavy atom. The Kier molecular flexibility index (Phi) is 4.57. The molecule has 16 heavy (non-hydrogen) atoms. The van der Waals surface area contributed by atoms with Gasteiger partial charge in [-0.3, -0.25) is 0 Å². The van der Waals surface area contributed by atoms with Crippen LogP contribution in [0.4, 0.5) is 0 Å². The second kappa shape index (κ2) is 5.74. The highest BCUT2D eigenvalue weighted by Crippen LogP contribution is 2.30. The van der Waals surface area contributed by atoms with Crippen molar-refractivity contribution in [2.75, 3.05) is 26.7 Å². The van der Waals surface area contributed by atoms with Gasteiger partial charge in [-0.1, -0.05) is 20.3 Å². The van der Waals surface area contributed by atoms with Crippen LogP contribution in [-0.2, 0) is 0 Å². The first-order valence-corrected chi connectivity index (χ1v) is 7.68. The third-order valence-corrected chi connectivity index (χ3v) is 5.25. The Labute approximate surface area is 105 Å².